The smallest absolute Gasteiger partial charge is 0.408 e. The molecule has 0 spiro atoms. The number of alkyl halides is 3. The van der Waals surface area contributed by atoms with E-state index >= 15 is 0 Å². The van der Waals surface area contributed by atoms with Gasteiger partial charge in [-0.1, -0.05) is 30.3 Å². The van der Waals surface area contributed by atoms with Crippen molar-refractivity contribution in [3.8, 4) is 0 Å². The van der Waals surface area contributed by atoms with Crippen LogP contribution < -0.4 is 10.2 Å². The molecule has 0 saturated heterocycles. The number of carbonyl (C=O) groups excluding carboxylic acids is 2. The zero-order valence-electron chi connectivity index (χ0n) is 8.15. The van der Waals surface area contributed by atoms with Crippen LogP contribution in [0.3, 0.4) is 0 Å². The summed E-state index contributed by atoms with van der Waals surface area (Å²) in [6, 6.07) is 4.96. The monoisotopic (exact) mass is 246 g/mol. The predicted octanol–water partition coefficient (Wildman–Crippen LogP) is -1.01. The van der Waals surface area contributed by atoms with Crippen LogP contribution in [0, 0.1) is 0 Å². The van der Waals surface area contributed by atoms with Crippen LogP contribution in [0.15, 0.2) is 30.3 Å². The molecule has 0 bridgehead atoms. The Morgan fingerprint density at radius 2 is 1.35 bits per heavy atom. The van der Waals surface area contributed by atoms with Gasteiger partial charge in [0.15, 0.2) is 5.41 Å². The molecule has 0 heterocycles. The number of carboxylic acid groups (broad SMARTS) is 2. The second kappa shape index (κ2) is 4.08. The van der Waals surface area contributed by atoms with Crippen molar-refractivity contribution in [3.63, 3.8) is 0 Å². The fourth-order valence-electron chi connectivity index (χ4n) is 1.40. The van der Waals surface area contributed by atoms with Crippen LogP contribution >= 0.6 is 0 Å². The van der Waals surface area contributed by atoms with Gasteiger partial charge in [-0.25, -0.2) is 0 Å². The third-order valence-corrected chi connectivity index (χ3v) is 2.24. The number of halogens is 3. The van der Waals surface area contributed by atoms with Crippen molar-refractivity contribution < 1.29 is 33.0 Å². The zero-order chi connectivity index (χ0) is 13.3. The van der Waals surface area contributed by atoms with E-state index in [1.54, 1.807) is 0 Å². The molecule has 4 nitrogen and oxygen atoms in total. The number of carboxylic acids is 2. The van der Waals surface area contributed by atoms with Crippen LogP contribution in [0.2, 0.25) is 0 Å². The molecule has 17 heavy (non-hydrogen) atoms. The average Bonchev–Trinajstić information content (AvgIpc) is 2.16. The Hall–Kier alpha value is -2.05. The van der Waals surface area contributed by atoms with Gasteiger partial charge in [0.05, 0.1) is 11.9 Å². The SMILES string of the molecule is O=C([O-])C(C(=O)[O-])(c1ccccc1)C(F)(F)F. The molecule has 1 aromatic rings. The van der Waals surface area contributed by atoms with Gasteiger partial charge in [-0.05, 0) is 5.56 Å². The van der Waals surface area contributed by atoms with Crippen molar-refractivity contribution in [1.29, 1.82) is 0 Å². The van der Waals surface area contributed by atoms with Gasteiger partial charge in [-0.3, -0.25) is 0 Å². The molecule has 0 atom stereocenters. The van der Waals surface area contributed by atoms with E-state index in [9.17, 15) is 33.0 Å². The zero-order valence-corrected chi connectivity index (χ0v) is 8.15. The summed E-state index contributed by atoms with van der Waals surface area (Å²) in [7, 11) is 0. The summed E-state index contributed by atoms with van der Waals surface area (Å²) in [6.07, 6.45) is -5.56. The second-order valence-electron chi connectivity index (χ2n) is 3.19. The fourth-order valence-corrected chi connectivity index (χ4v) is 1.40. The molecule has 0 radical (unpaired) electrons. The number of hydrogen-bond donors (Lipinski definition) is 0. The van der Waals surface area contributed by atoms with Crippen molar-refractivity contribution >= 4 is 11.9 Å². The summed E-state index contributed by atoms with van der Waals surface area (Å²) in [4.78, 5) is 21.3. The lowest BCUT2D eigenvalue weighted by atomic mass is 9.80. The van der Waals surface area contributed by atoms with Gasteiger partial charge < -0.3 is 19.8 Å². The molecule has 0 N–H and O–H groups in total. The Morgan fingerprint density at radius 3 is 1.65 bits per heavy atom. The second-order valence-corrected chi connectivity index (χ2v) is 3.19. The van der Waals surface area contributed by atoms with Gasteiger partial charge >= 0.3 is 6.18 Å². The molecule has 1 rings (SSSR count). The van der Waals surface area contributed by atoms with Crippen molar-refractivity contribution in [2.75, 3.05) is 0 Å². The third kappa shape index (κ3) is 1.83. The minimum absolute atomic E-state index is 0.735. The number of hydrogen-bond acceptors (Lipinski definition) is 4. The summed E-state index contributed by atoms with van der Waals surface area (Å²) in [5.41, 5.74) is -5.12. The number of rotatable bonds is 3. The maximum atomic E-state index is 12.7. The van der Waals surface area contributed by atoms with E-state index in [4.69, 9.17) is 0 Å². The fraction of sp³-hybridized carbons (Fsp3) is 0.200. The topological polar surface area (TPSA) is 80.3 Å². The molecule has 0 aliphatic heterocycles. The van der Waals surface area contributed by atoms with Gasteiger partial charge in [0.1, 0.15) is 0 Å². The molecule has 0 amide bonds. The summed E-state index contributed by atoms with van der Waals surface area (Å²) >= 11 is 0. The lowest BCUT2D eigenvalue weighted by Crippen LogP contribution is -2.64. The first kappa shape index (κ1) is 13.0. The van der Waals surface area contributed by atoms with Gasteiger partial charge in [0.25, 0.3) is 0 Å². The maximum Gasteiger partial charge on any atom is 0.408 e. The number of carbonyl (C=O) groups is 2. The molecule has 0 fully saturated rings. The van der Waals surface area contributed by atoms with E-state index in [0.717, 1.165) is 24.3 Å². The number of benzene rings is 1. The van der Waals surface area contributed by atoms with Crippen LogP contribution in [-0.4, -0.2) is 18.1 Å². The summed E-state index contributed by atoms with van der Waals surface area (Å²) < 4.78 is 38.2. The van der Waals surface area contributed by atoms with Gasteiger partial charge in [0.2, 0.25) is 0 Å². The van der Waals surface area contributed by atoms with E-state index < -0.39 is 29.1 Å². The highest BCUT2D eigenvalue weighted by molar-refractivity contribution is 6.04. The van der Waals surface area contributed by atoms with Crippen LogP contribution in [0.4, 0.5) is 13.2 Å². The highest BCUT2D eigenvalue weighted by atomic mass is 19.4. The van der Waals surface area contributed by atoms with Crippen molar-refractivity contribution in [3.05, 3.63) is 35.9 Å². The largest absolute Gasteiger partial charge is 0.548 e. The van der Waals surface area contributed by atoms with Crippen LogP contribution in [0.25, 0.3) is 0 Å². The number of aliphatic carboxylic acids is 2. The first-order chi connectivity index (χ1) is 7.74. The lowest BCUT2D eigenvalue weighted by molar-refractivity contribution is -0.355. The standard InChI is InChI=1S/C10H7F3O4/c11-10(12,13)9(7(14)15,8(16)17)6-4-2-1-3-5-6/h1-5H,(H,14,15)(H,16,17)/p-2. The predicted molar refractivity (Wildman–Crippen MR) is 44.2 cm³/mol. The third-order valence-electron chi connectivity index (χ3n) is 2.24. The molecule has 0 unspecified atom stereocenters. The molecule has 0 aliphatic carbocycles. The van der Waals surface area contributed by atoms with Crippen LogP contribution in [0.1, 0.15) is 5.56 Å². The van der Waals surface area contributed by atoms with E-state index in [1.165, 1.54) is 6.07 Å². The Labute approximate surface area is 93.3 Å². The molecule has 7 heteroatoms. The highest BCUT2D eigenvalue weighted by Crippen LogP contribution is 2.40. The Kier molecular flexibility index (Phi) is 3.12. The van der Waals surface area contributed by atoms with Gasteiger partial charge in [0, 0.05) is 0 Å². The minimum atomic E-state index is -5.56. The van der Waals surface area contributed by atoms with Crippen molar-refractivity contribution in [2.24, 2.45) is 0 Å². The molecular formula is C10H5F3O4-2. The van der Waals surface area contributed by atoms with Crippen LogP contribution in [-0.2, 0) is 15.0 Å². The van der Waals surface area contributed by atoms with E-state index in [2.05, 4.69) is 0 Å². The normalized spacial score (nSPS) is 12.2. The quantitative estimate of drug-likeness (QED) is 0.640. The first-order valence-electron chi connectivity index (χ1n) is 4.29. The van der Waals surface area contributed by atoms with E-state index in [0.29, 0.717) is 0 Å². The first-order valence-corrected chi connectivity index (χ1v) is 4.29. The molecule has 1 aromatic carbocycles. The molecule has 92 valence electrons. The van der Waals surface area contributed by atoms with Crippen LogP contribution in [0.5, 0.6) is 0 Å². The van der Waals surface area contributed by atoms with Gasteiger partial charge in [-0.2, -0.15) is 13.2 Å². The molecule has 0 saturated carbocycles. The Balaban J connectivity index is 3.59. The van der Waals surface area contributed by atoms with E-state index in [1.807, 2.05) is 0 Å². The Morgan fingerprint density at radius 1 is 0.941 bits per heavy atom. The average molecular weight is 246 g/mol. The lowest BCUT2D eigenvalue weighted by Gasteiger charge is -2.37. The summed E-state index contributed by atoms with van der Waals surface area (Å²) in [5, 5.41) is 21.3. The maximum absolute atomic E-state index is 12.7. The Bertz CT molecular complexity index is 425. The van der Waals surface area contributed by atoms with E-state index in [-0.39, 0.29) is 0 Å². The molecule has 0 aliphatic rings. The summed E-state index contributed by atoms with van der Waals surface area (Å²) in [5.74, 6) is -5.56. The highest BCUT2D eigenvalue weighted by Gasteiger charge is 2.58. The van der Waals surface area contributed by atoms with Gasteiger partial charge in [-0.15, -0.1) is 0 Å². The van der Waals surface area contributed by atoms with Crippen molar-refractivity contribution in [1.82, 2.24) is 0 Å². The molecular weight excluding hydrogens is 241 g/mol. The molecule has 0 aromatic heterocycles. The van der Waals surface area contributed by atoms with Crippen molar-refractivity contribution in [2.45, 2.75) is 11.6 Å². The minimum Gasteiger partial charge on any atom is -0.548 e. The summed E-state index contributed by atoms with van der Waals surface area (Å²) in [6.45, 7) is 0.